The lowest BCUT2D eigenvalue weighted by Gasteiger charge is -2.18. The topological polar surface area (TPSA) is 78.5 Å². The van der Waals surface area contributed by atoms with Crippen LogP contribution in [0.2, 0.25) is 0 Å². The molecule has 3 rings (SSSR count). The van der Waals surface area contributed by atoms with Crippen LogP contribution in [0, 0.1) is 0 Å². The van der Waals surface area contributed by atoms with E-state index in [2.05, 4.69) is 10.6 Å². The van der Waals surface area contributed by atoms with E-state index in [1.165, 1.54) is 18.7 Å². The van der Waals surface area contributed by atoms with Gasteiger partial charge in [-0.15, -0.1) is 11.8 Å². The van der Waals surface area contributed by atoms with Gasteiger partial charge in [-0.1, -0.05) is 24.3 Å². The number of carbonyl (C=O) groups is 3. The van der Waals surface area contributed by atoms with Crippen molar-refractivity contribution in [2.75, 3.05) is 24.2 Å². The highest BCUT2D eigenvalue weighted by Crippen LogP contribution is 2.25. The number of nitrogens with zero attached hydrogens (tertiary/aromatic N) is 1. The van der Waals surface area contributed by atoms with Crippen LogP contribution in [0.15, 0.2) is 53.4 Å². The zero-order chi connectivity index (χ0) is 21.5. The van der Waals surface area contributed by atoms with Crippen molar-refractivity contribution in [3.63, 3.8) is 0 Å². The monoisotopic (exact) mass is 425 g/mol. The molecule has 2 aromatic rings. The maximum absolute atomic E-state index is 12.9. The van der Waals surface area contributed by atoms with Crippen LogP contribution < -0.4 is 10.6 Å². The molecule has 0 saturated carbocycles. The summed E-state index contributed by atoms with van der Waals surface area (Å²) in [6.45, 7) is 5.02. The van der Waals surface area contributed by atoms with Crippen molar-refractivity contribution in [3.8, 4) is 0 Å². The van der Waals surface area contributed by atoms with E-state index < -0.39 is 0 Å². The number of hydrogen-bond donors (Lipinski definition) is 2. The van der Waals surface area contributed by atoms with Crippen LogP contribution in [-0.2, 0) is 9.59 Å². The van der Waals surface area contributed by atoms with Crippen LogP contribution in [0.5, 0.6) is 0 Å². The quantitative estimate of drug-likeness (QED) is 0.661. The predicted molar refractivity (Wildman–Crippen MR) is 120 cm³/mol. The Labute approximate surface area is 181 Å². The molecule has 158 valence electrons. The predicted octanol–water partition coefficient (Wildman–Crippen LogP) is 3.85. The first kappa shape index (κ1) is 21.9. The van der Waals surface area contributed by atoms with E-state index in [1.807, 2.05) is 54.3 Å². The number of likely N-dealkylation sites (tertiary alicyclic amines) is 1. The van der Waals surface area contributed by atoms with Gasteiger partial charge in [-0.3, -0.25) is 14.4 Å². The van der Waals surface area contributed by atoms with Crippen molar-refractivity contribution >= 4 is 35.2 Å². The number of carbonyl (C=O) groups excluding carboxylic acids is 3. The van der Waals surface area contributed by atoms with Gasteiger partial charge in [-0.05, 0) is 49.6 Å². The summed E-state index contributed by atoms with van der Waals surface area (Å²) in [6.07, 6.45) is 2.13. The van der Waals surface area contributed by atoms with Gasteiger partial charge in [0.2, 0.25) is 11.8 Å². The molecule has 3 amide bonds. The number of rotatable bonds is 7. The van der Waals surface area contributed by atoms with Gasteiger partial charge in [0.15, 0.2) is 0 Å². The smallest absolute Gasteiger partial charge is 0.252 e. The molecule has 7 heteroatoms. The number of anilines is 1. The molecule has 1 aliphatic rings. The third-order valence-corrected chi connectivity index (χ3v) is 6.05. The standard InChI is InChI=1S/C23H27N3O3S/c1-16(18-8-7-9-19(14-18)25-17(2)27)24-23(29)20-10-3-4-11-21(20)30-15-22(28)26-12-5-6-13-26/h3-4,7-11,14,16H,5-6,12-13,15H2,1-2H3,(H,24,29)(H,25,27). The summed E-state index contributed by atoms with van der Waals surface area (Å²) in [5.41, 5.74) is 2.14. The lowest BCUT2D eigenvalue weighted by Crippen LogP contribution is -2.29. The van der Waals surface area contributed by atoms with Gasteiger partial charge in [0, 0.05) is 30.6 Å². The molecule has 0 aliphatic carbocycles. The van der Waals surface area contributed by atoms with Crippen molar-refractivity contribution in [1.29, 1.82) is 0 Å². The number of thioether (sulfide) groups is 1. The van der Waals surface area contributed by atoms with Crippen LogP contribution in [0.25, 0.3) is 0 Å². The average molecular weight is 426 g/mol. The molecule has 30 heavy (non-hydrogen) atoms. The van der Waals surface area contributed by atoms with Crippen molar-refractivity contribution in [2.45, 2.75) is 37.6 Å². The third-order valence-electron chi connectivity index (χ3n) is 5.00. The Morgan fingerprint density at radius 2 is 1.80 bits per heavy atom. The molecule has 6 nitrogen and oxygen atoms in total. The van der Waals surface area contributed by atoms with E-state index in [0.29, 0.717) is 17.0 Å². The third kappa shape index (κ3) is 5.86. The van der Waals surface area contributed by atoms with Crippen LogP contribution >= 0.6 is 11.8 Å². The van der Waals surface area contributed by atoms with Crippen LogP contribution in [0.1, 0.15) is 48.7 Å². The second-order valence-corrected chi connectivity index (χ2v) is 8.39. The fourth-order valence-corrected chi connectivity index (χ4v) is 4.38. The maximum Gasteiger partial charge on any atom is 0.252 e. The summed E-state index contributed by atoms with van der Waals surface area (Å²) in [5.74, 6) is 0.122. The van der Waals surface area contributed by atoms with E-state index in [-0.39, 0.29) is 23.8 Å². The molecule has 0 spiro atoms. The summed E-state index contributed by atoms with van der Waals surface area (Å²) < 4.78 is 0. The number of benzene rings is 2. The average Bonchev–Trinajstić information content (AvgIpc) is 3.27. The summed E-state index contributed by atoms with van der Waals surface area (Å²) in [7, 11) is 0. The van der Waals surface area contributed by atoms with E-state index >= 15 is 0 Å². The number of hydrogen-bond acceptors (Lipinski definition) is 4. The molecule has 1 heterocycles. The van der Waals surface area contributed by atoms with E-state index in [9.17, 15) is 14.4 Å². The van der Waals surface area contributed by atoms with Crippen molar-refractivity contribution in [3.05, 3.63) is 59.7 Å². The highest BCUT2D eigenvalue weighted by atomic mass is 32.2. The molecule has 0 bridgehead atoms. The van der Waals surface area contributed by atoms with E-state index in [1.54, 1.807) is 6.07 Å². The highest BCUT2D eigenvalue weighted by molar-refractivity contribution is 8.00. The first-order valence-electron chi connectivity index (χ1n) is 10.1. The highest BCUT2D eigenvalue weighted by Gasteiger charge is 2.20. The largest absolute Gasteiger partial charge is 0.345 e. The van der Waals surface area contributed by atoms with Gasteiger partial charge >= 0.3 is 0 Å². The summed E-state index contributed by atoms with van der Waals surface area (Å²) in [5, 5.41) is 5.77. The number of amides is 3. The van der Waals surface area contributed by atoms with Crippen molar-refractivity contribution in [1.82, 2.24) is 10.2 Å². The zero-order valence-corrected chi connectivity index (χ0v) is 18.1. The van der Waals surface area contributed by atoms with Gasteiger partial charge in [-0.25, -0.2) is 0 Å². The van der Waals surface area contributed by atoms with Gasteiger partial charge in [-0.2, -0.15) is 0 Å². The Morgan fingerprint density at radius 3 is 2.53 bits per heavy atom. The van der Waals surface area contributed by atoms with E-state index in [0.717, 1.165) is 36.4 Å². The molecule has 0 radical (unpaired) electrons. The summed E-state index contributed by atoms with van der Waals surface area (Å²) in [6, 6.07) is 14.5. The fraction of sp³-hybridized carbons (Fsp3) is 0.348. The lowest BCUT2D eigenvalue weighted by atomic mass is 10.1. The molecule has 2 N–H and O–H groups in total. The van der Waals surface area contributed by atoms with Crippen LogP contribution in [-0.4, -0.2) is 41.5 Å². The second-order valence-electron chi connectivity index (χ2n) is 7.37. The second kappa shape index (κ2) is 10.3. The lowest BCUT2D eigenvalue weighted by molar-refractivity contribution is -0.127. The minimum absolute atomic E-state index is 0.121. The molecule has 1 fully saturated rings. The van der Waals surface area contributed by atoms with Crippen LogP contribution in [0.4, 0.5) is 5.69 Å². The van der Waals surface area contributed by atoms with Crippen LogP contribution in [0.3, 0.4) is 0 Å². The minimum atomic E-state index is -0.240. The molecular weight excluding hydrogens is 398 g/mol. The Bertz CT molecular complexity index is 925. The summed E-state index contributed by atoms with van der Waals surface area (Å²) >= 11 is 1.40. The normalized spacial score (nSPS) is 14.3. The molecule has 1 saturated heterocycles. The summed E-state index contributed by atoms with van der Waals surface area (Å²) in [4.78, 5) is 39.2. The molecule has 2 aromatic carbocycles. The Hall–Kier alpha value is -2.80. The zero-order valence-electron chi connectivity index (χ0n) is 17.3. The SMILES string of the molecule is CC(=O)Nc1cccc(C(C)NC(=O)c2ccccc2SCC(=O)N2CCCC2)c1. The first-order valence-corrected chi connectivity index (χ1v) is 11.1. The molecule has 1 aliphatic heterocycles. The van der Waals surface area contributed by atoms with Gasteiger partial charge < -0.3 is 15.5 Å². The minimum Gasteiger partial charge on any atom is -0.345 e. The van der Waals surface area contributed by atoms with Gasteiger partial charge in [0.05, 0.1) is 17.4 Å². The van der Waals surface area contributed by atoms with Gasteiger partial charge in [0.25, 0.3) is 5.91 Å². The number of nitrogens with one attached hydrogen (secondary N) is 2. The Balaban J connectivity index is 1.65. The maximum atomic E-state index is 12.9. The molecule has 0 aromatic heterocycles. The van der Waals surface area contributed by atoms with Gasteiger partial charge in [0.1, 0.15) is 0 Å². The van der Waals surface area contributed by atoms with Crippen molar-refractivity contribution < 1.29 is 14.4 Å². The molecule has 1 atom stereocenters. The Morgan fingerprint density at radius 1 is 1.07 bits per heavy atom. The fourth-order valence-electron chi connectivity index (χ4n) is 3.42. The molecule has 1 unspecified atom stereocenters. The molecular formula is C23H27N3O3S. The van der Waals surface area contributed by atoms with Crippen molar-refractivity contribution in [2.24, 2.45) is 0 Å². The van der Waals surface area contributed by atoms with E-state index in [4.69, 9.17) is 0 Å². The first-order chi connectivity index (χ1) is 14.4. The Kier molecular flexibility index (Phi) is 7.52.